The van der Waals surface area contributed by atoms with E-state index in [1.54, 1.807) is 13.8 Å². The van der Waals surface area contributed by atoms with E-state index in [9.17, 15) is 4.79 Å². The van der Waals surface area contributed by atoms with Gasteiger partial charge in [0.05, 0.1) is 6.61 Å². The van der Waals surface area contributed by atoms with Crippen molar-refractivity contribution >= 4 is 11.8 Å². The van der Waals surface area contributed by atoms with Gasteiger partial charge in [-0.1, -0.05) is 24.3 Å². The van der Waals surface area contributed by atoms with Crippen molar-refractivity contribution in [3.05, 3.63) is 41.4 Å². The van der Waals surface area contributed by atoms with Gasteiger partial charge < -0.3 is 10.1 Å². The molecule has 0 bridgehead atoms. The Morgan fingerprint density at radius 1 is 1.28 bits per heavy atom. The van der Waals surface area contributed by atoms with E-state index >= 15 is 0 Å². The average Bonchev–Trinajstić information content (AvgIpc) is 2.57. The third kappa shape index (κ3) is 4.09. The molecule has 0 amide bonds. The number of hydrogen-bond donors (Lipinski definition) is 1. The molecular formula is C20H27N3O2. The second-order valence-electron chi connectivity index (χ2n) is 7.00. The normalized spacial score (nSPS) is 24.7. The highest BCUT2D eigenvalue weighted by Crippen LogP contribution is 2.41. The molecule has 5 nitrogen and oxygen atoms in total. The standard InChI is InChI=1S/C20H27N3O2/c1-4-25-20(24)18-13(2)19(23-14(3)22-18)21-12-15-10-17(11-15)16-8-6-5-7-9-16/h5-8,15-17H,4,9-12H2,1-3H3,(H,21,22,23)/t15-,16?,17+. The fourth-order valence-corrected chi connectivity index (χ4v) is 3.69. The third-order valence-electron chi connectivity index (χ3n) is 5.18. The van der Waals surface area contributed by atoms with Crippen LogP contribution in [-0.2, 0) is 4.74 Å². The van der Waals surface area contributed by atoms with Crippen LogP contribution in [0, 0.1) is 31.6 Å². The van der Waals surface area contributed by atoms with Crippen LogP contribution in [0.25, 0.3) is 0 Å². The molecule has 25 heavy (non-hydrogen) atoms. The van der Waals surface area contributed by atoms with Gasteiger partial charge in [-0.2, -0.15) is 0 Å². The summed E-state index contributed by atoms with van der Waals surface area (Å²) in [6.07, 6.45) is 12.6. The first-order valence-corrected chi connectivity index (χ1v) is 9.18. The summed E-state index contributed by atoms with van der Waals surface area (Å²) in [6.45, 7) is 6.71. The number of anilines is 1. The Kier molecular flexibility index (Phi) is 5.51. The summed E-state index contributed by atoms with van der Waals surface area (Å²) in [6, 6.07) is 0. The highest BCUT2D eigenvalue weighted by molar-refractivity contribution is 5.90. The van der Waals surface area contributed by atoms with Gasteiger partial charge in [0.1, 0.15) is 11.6 Å². The number of carbonyl (C=O) groups excluding carboxylic acids is 1. The zero-order valence-corrected chi connectivity index (χ0v) is 15.3. The summed E-state index contributed by atoms with van der Waals surface area (Å²) in [4.78, 5) is 20.8. The van der Waals surface area contributed by atoms with Crippen molar-refractivity contribution in [2.75, 3.05) is 18.5 Å². The van der Waals surface area contributed by atoms with Gasteiger partial charge >= 0.3 is 5.97 Å². The average molecular weight is 341 g/mol. The number of aryl methyl sites for hydroxylation is 1. The molecule has 0 aromatic carbocycles. The molecule has 0 saturated heterocycles. The first kappa shape index (κ1) is 17.6. The van der Waals surface area contributed by atoms with Gasteiger partial charge in [0.15, 0.2) is 5.69 Å². The topological polar surface area (TPSA) is 64.1 Å². The molecule has 1 fully saturated rings. The van der Waals surface area contributed by atoms with Crippen molar-refractivity contribution < 1.29 is 9.53 Å². The van der Waals surface area contributed by atoms with Gasteiger partial charge in [0, 0.05) is 12.1 Å². The van der Waals surface area contributed by atoms with Gasteiger partial charge in [-0.15, -0.1) is 0 Å². The molecular weight excluding hydrogens is 314 g/mol. The molecule has 0 spiro atoms. The van der Waals surface area contributed by atoms with Crippen molar-refractivity contribution in [2.24, 2.45) is 17.8 Å². The van der Waals surface area contributed by atoms with Crippen LogP contribution in [0.5, 0.6) is 0 Å². The zero-order chi connectivity index (χ0) is 17.8. The summed E-state index contributed by atoms with van der Waals surface area (Å²) in [5.41, 5.74) is 1.13. The van der Waals surface area contributed by atoms with Gasteiger partial charge in [-0.05, 0) is 57.8 Å². The maximum Gasteiger partial charge on any atom is 0.357 e. The van der Waals surface area contributed by atoms with Gasteiger partial charge in [-0.25, -0.2) is 14.8 Å². The highest BCUT2D eigenvalue weighted by atomic mass is 16.5. The van der Waals surface area contributed by atoms with Crippen molar-refractivity contribution in [2.45, 2.75) is 40.0 Å². The molecule has 0 radical (unpaired) electrons. The van der Waals surface area contributed by atoms with Crippen LogP contribution in [0.15, 0.2) is 24.3 Å². The number of ether oxygens (including phenoxy) is 1. The van der Waals surface area contributed by atoms with E-state index in [-0.39, 0.29) is 5.97 Å². The molecule has 1 atom stereocenters. The second kappa shape index (κ2) is 7.81. The number of aromatic nitrogens is 2. The van der Waals surface area contributed by atoms with Crippen molar-refractivity contribution in [3.8, 4) is 0 Å². The Morgan fingerprint density at radius 2 is 2.08 bits per heavy atom. The van der Waals surface area contributed by atoms with Gasteiger partial charge in [0.2, 0.25) is 0 Å². The van der Waals surface area contributed by atoms with E-state index in [1.165, 1.54) is 19.3 Å². The molecule has 1 saturated carbocycles. The van der Waals surface area contributed by atoms with Crippen molar-refractivity contribution in [3.63, 3.8) is 0 Å². The first-order valence-electron chi connectivity index (χ1n) is 9.18. The molecule has 0 aliphatic heterocycles. The van der Waals surface area contributed by atoms with E-state index < -0.39 is 0 Å². The quantitative estimate of drug-likeness (QED) is 0.797. The van der Waals surface area contributed by atoms with Crippen LogP contribution in [0.3, 0.4) is 0 Å². The van der Waals surface area contributed by atoms with Crippen molar-refractivity contribution in [1.29, 1.82) is 0 Å². The lowest BCUT2D eigenvalue weighted by atomic mass is 9.67. The predicted octanol–water partition coefficient (Wildman–Crippen LogP) is 3.84. The fraction of sp³-hybridized carbons (Fsp3) is 0.550. The maximum atomic E-state index is 12.0. The van der Waals surface area contributed by atoms with E-state index in [2.05, 4.69) is 39.6 Å². The lowest BCUT2D eigenvalue weighted by Crippen LogP contribution is -2.34. The van der Waals surface area contributed by atoms with Crippen LogP contribution < -0.4 is 5.32 Å². The number of nitrogens with zero attached hydrogens (tertiary/aromatic N) is 2. The molecule has 1 aromatic heterocycles. The lowest BCUT2D eigenvalue weighted by Gasteiger charge is -2.40. The molecule has 2 aliphatic carbocycles. The Bertz CT molecular complexity index is 690. The molecule has 5 heteroatoms. The van der Waals surface area contributed by atoms with Crippen LogP contribution in [0.4, 0.5) is 5.82 Å². The Morgan fingerprint density at radius 3 is 2.76 bits per heavy atom. The molecule has 2 aliphatic rings. The number of nitrogens with one attached hydrogen (secondary N) is 1. The number of esters is 1. The lowest BCUT2D eigenvalue weighted by molar-refractivity contribution is 0.0518. The first-order chi connectivity index (χ1) is 12.1. The van der Waals surface area contributed by atoms with E-state index in [0.717, 1.165) is 23.8 Å². The van der Waals surface area contributed by atoms with Crippen LogP contribution in [0.1, 0.15) is 48.1 Å². The second-order valence-corrected chi connectivity index (χ2v) is 7.00. The van der Waals surface area contributed by atoms with Gasteiger partial charge in [-0.3, -0.25) is 0 Å². The van der Waals surface area contributed by atoms with E-state index in [0.29, 0.717) is 30.0 Å². The summed E-state index contributed by atoms with van der Waals surface area (Å²) in [7, 11) is 0. The molecule has 1 unspecified atom stereocenters. The smallest absolute Gasteiger partial charge is 0.357 e. The van der Waals surface area contributed by atoms with Crippen molar-refractivity contribution in [1.82, 2.24) is 9.97 Å². The Labute approximate surface area is 149 Å². The monoisotopic (exact) mass is 341 g/mol. The summed E-state index contributed by atoms with van der Waals surface area (Å²) in [5, 5.41) is 3.43. The number of rotatable bonds is 6. The third-order valence-corrected chi connectivity index (χ3v) is 5.18. The zero-order valence-electron chi connectivity index (χ0n) is 15.3. The minimum atomic E-state index is -0.380. The molecule has 134 valence electrons. The van der Waals surface area contributed by atoms with Gasteiger partial charge in [0.25, 0.3) is 0 Å². The number of hydrogen-bond acceptors (Lipinski definition) is 5. The SMILES string of the molecule is CCOC(=O)c1nc(C)nc(NC[C@H]2C[C@@H](C3C=CC=CC3)C2)c1C. The Hall–Kier alpha value is -2.17. The number of carbonyl (C=O) groups is 1. The molecule has 1 heterocycles. The minimum absolute atomic E-state index is 0.346. The Balaban J connectivity index is 1.56. The van der Waals surface area contributed by atoms with E-state index in [4.69, 9.17) is 4.74 Å². The summed E-state index contributed by atoms with van der Waals surface area (Å²) >= 11 is 0. The highest BCUT2D eigenvalue weighted by Gasteiger charge is 2.33. The summed E-state index contributed by atoms with van der Waals surface area (Å²) in [5.74, 6) is 3.14. The fourth-order valence-electron chi connectivity index (χ4n) is 3.69. The number of allylic oxidation sites excluding steroid dienone is 4. The van der Waals surface area contributed by atoms with E-state index in [1.807, 2.05) is 6.92 Å². The molecule has 1 aromatic rings. The van der Waals surface area contributed by atoms with Crippen LogP contribution in [0.2, 0.25) is 0 Å². The maximum absolute atomic E-state index is 12.0. The summed E-state index contributed by atoms with van der Waals surface area (Å²) < 4.78 is 5.09. The van der Waals surface area contributed by atoms with Crippen LogP contribution >= 0.6 is 0 Å². The molecule has 1 N–H and O–H groups in total. The predicted molar refractivity (Wildman–Crippen MR) is 98.6 cm³/mol. The largest absolute Gasteiger partial charge is 0.461 e. The minimum Gasteiger partial charge on any atom is -0.461 e. The molecule has 3 rings (SSSR count). The van der Waals surface area contributed by atoms with Crippen LogP contribution in [-0.4, -0.2) is 29.1 Å².